The molecule has 1 aromatic rings. The van der Waals surface area contributed by atoms with Crippen LogP contribution in [0.2, 0.25) is 0 Å². The van der Waals surface area contributed by atoms with Crippen molar-refractivity contribution in [3.63, 3.8) is 0 Å². The van der Waals surface area contributed by atoms with E-state index in [4.69, 9.17) is 4.74 Å². The van der Waals surface area contributed by atoms with Gasteiger partial charge in [0.2, 0.25) is 5.91 Å². The molecule has 0 unspecified atom stereocenters. The third-order valence-corrected chi connectivity index (χ3v) is 3.58. The first kappa shape index (κ1) is 14.6. The molecule has 0 spiro atoms. The quantitative estimate of drug-likeness (QED) is 0.637. The standard InChI is InChI=1S/C16H21NO3/c1-2-20-15(18)8-5-9-17-16(19)14-10-12-6-3-4-7-13(12)11-14/h3-4,6-7,14H,2,5,8-11H2,1H3,(H,17,19). The summed E-state index contributed by atoms with van der Waals surface area (Å²) in [5.41, 5.74) is 2.55. The highest BCUT2D eigenvalue weighted by molar-refractivity contribution is 5.80. The molecule has 0 bridgehead atoms. The second kappa shape index (κ2) is 7.08. The lowest BCUT2D eigenvalue weighted by Gasteiger charge is -2.10. The van der Waals surface area contributed by atoms with Gasteiger partial charge < -0.3 is 10.1 Å². The Morgan fingerprint density at radius 2 is 1.90 bits per heavy atom. The molecule has 108 valence electrons. The van der Waals surface area contributed by atoms with Crippen molar-refractivity contribution in [2.45, 2.75) is 32.6 Å². The molecule has 0 radical (unpaired) electrons. The van der Waals surface area contributed by atoms with Crippen molar-refractivity contribution in [3.8, 4) is 0 Å². The van der Waals surface area contributed by atoms with E-state index in [2.05, 4.69) is 17.4 Å². The second-order valence-corrected chi connectivity index (χ2v) is 5.07. The first-order chi connectivity index (χ1) is 9.70. The van der Waals surface area contributed by atoms with Gasteiger partial charge in [-0.25, -0.2) is 0 Å². The lowest BCUT2D eigenvalue weighted by atomic mass is 10.1. The summed E-state index contributed by atoms with van der Waals surface area (Å²) >= 11 is 0. The molecule has 0 aromatic heterocycles. The normalized spacial score (nSPS) is 13.8. The molecule has 0 aliphatic heterocycles. The van der Waals surface area contributed by atoms with E-state index >= 15 is 0 Å². The average Bonchev–Trinajstić information content (AvgIpc) is 2.87. The lowest BCUT2D eigenvalue weighted by Crippen LogP contribution is -2.32. The Morgan fingerprint density at radius 3 is 2.50 bits per heavy atom. The lowest BCUT2D eigenvalue weighted by molar-refractivity contribution is -0.143. The summed E-state index contributed by atoms with van der Waals surface area (Å²) in [7, 11) is 0. The van der Waals surface area contributed by atoms with Gasteiger partial charge in [-0.05, 0) is 37.3 Å². The maximum atomic E-state index is 12.1. The van der Waals surface area contributed by atoms with E-state index in [0.29, 0.717) is 26.0 Å². The smallest absolute Gasteiger partial charge is 0.305 e. The fourth-order valence-corrected chi connectivity index (χ4v) is 2.57. The highest BCUT2D eigenvalue weighted by Crippen LogP contribution is 2.26. The van der Waals surface area contributed by atoms with Crippen molar-refractivity contribution in [3.05, 3.63) is 35.4 Å². The van der Waals surface area contributed by atoms with E-state index in [9.17, 15) is 9.59 Å². The Labute approximate surface area is 119 Å². The van der Waals surface area contributed by atoms with Crippen LogP contribution in [0.4, 0.5) is 0 Å². The summed E-state index contributed by atoms with van der Waals surface area (Å²) in [6, 6.07) is 8.20. The van der Waals surface area contributed by atoms with Gasteiger partial charge in [-0.15, -0.1) is 0 Å². The molecule has 0 atom stereocenters. The van der Waals surface area contributed by atoms with Crippen LogP contribution in [0.15, 0.2) is 24.3 Å². The molecule has 1 N–H and O–H groups in total. The predicted octanol–water partition coefficient (Wildman–Crippen LogP) is 1.86. The maximum absolute atomic E-state index is 12.1. The summed E-state index contributed by atoms with van der Waals surface area (Å²) in [5, 5.41) is 2.91. The minimum atomic E-state index is -0.199. The summed E-state index contributed by atoms with van der Waals surface area (Å²) < 4.78 is 4.84. The molecular formula is C16H21NO3. The molecule has 4 heteroatoms. The van der Waals surface area contributed by atoms with E-state index in [-0.39, 0.29) is 17.8 Å². The van der Waals surface area contributed by atoms with Gasteiger partial charge in [-0.1, -0.05) is 24.3 Å². The van der Waals surface area contributed by atoms with E-state index in [0.717, 1.165) is 12.8 Å². The highest BCUT2D eigenvalue weighted by Gasteiger charge is 2.26. The SMILES string of the molecule is CCOC(=O)CCCNC(=O)C1Cc2ccccc2C1. The van der Waals surface area contributed by atoms with Crippen molar-refractivity contribution >= 4 is 11.9 Å². The number of esters is 1. The molecule has 0 fully saturated rings. The van der Waals surface area contributed by atoms with E-state index in [1.165, 1.54) is 11.1 Å². The van der Waals surface area contributed by atoms with Crippen LogP contribution in [0, 0.1) is 5.92 Å². The molecular weight excluding hydrogens is 254 g/mol. The Balaban J connectivity index is 1.68. The highest BCUT2D eigenvalue weighted by atomic mass is 16.5. The number of benzene rings is 1. The zero-order chi connectivity index (χ0) is 14.4. The van der Waals surface area contributed by atoms with Gasteiger partial charge in [-0.3, -0.25) is 9.59 Å². The fourth-order valence-electron chi connectivity index (χ4n) is 2.57. The molecule has 0 saturated carbocycles. The Hall–Kier alpha value is -1.84. The number of nitrogens with one attached hydrogen (secondary N) is 1. The summed E-state index contributed by atoms with van der Waals surface area (Å²) in [6.45, 7) is 2.73. The first-order valence-corrected chi connectivity index (χ1v) is 7.20. The van der Waals surface area contributed by atoms with Crippen LogP contribution in [0.25, 0.3) is 0 Å². The van der Waals surface area contributed by atoms with Gasteiger partial charge in [0, 0.05) is 18.9 Å². The van der Waals surface area contributed by atoms with Gasteiger partial charge in [-0.2, -0.15) is 0 Å². The van der Waals surface area contributed by atoms with Crippen LogP contribution in [0.1, 0.15) is 30.9 Å². The van der Waals surface area contributed by atoms with Crippen LogP contribution in [0.3, 0.4) is 0 Å². The molecule has 1 aliphatic rings. The van der Waals surface area contributed by atoms with Gasteiger partial charge in [0.15, 0.2) is 0 Å². The van der Waals surface area contributed by atoms with E-state index in [1.807, 2.05) is 12.1 Å². The predicted molar refractivity (Wildman–Crippen MR) is 76.2 cm³/mol. The van der Waals surface area contributed by atoms with Crippen molar-refractivity contribution in [2.24, 2.45) is 5.92 Å². The zero-order valence-corrected chi connectivity index (χ0v) is 11.9. The van der Waals surface area contributed by atoms with Gasteiger partial charge in [0.1, 0.15) is 0 Å². The number of rotatable bonds is 6. The number of fused-ring (bicyclic) bond motifs is 1. The zero-order valence-electron chi connectivity index (χ0n) is 11.9. The van der Waals surface area contributed by atoms with Crippen LogP contribution in [-0.2, 0) is 27.2 Å². The summed E-state index contributed by atoms with van der Waals surface area (Å²) in [6.07, 6.45) is 2.63. The number of amides is 1. The third-order valence-electron chi connectivity index (χ3n) is 3.58. The minimum absolute atomic E-state index is 0.0370. The molecule has 0 heterocycles. The van der Waals surface area contributed by atoms with Gasteiger partial charge in [0.05, 0.1) is 6.61 Å². The summed E-state index contributed by atoms with van der Waals surface area (Å²) in [5.74, 6) is -0.0740. The maximum Gasteiger partial charge on any atom is 0.305 e. The molecule has 2 rings (SSSR count). The number of ether oxygens (including phenoxy) is 1. The van der Waals surface area contributed by atoms with Gasteiger partial charge >= 0.3 is 5.97 Å². The van der Waals surface area contributed by atoms with Crippen LogP contribution in [0.5, 0.6) is 0 Å². The molecule has 1 amide bonds. The van der Waals surface area contributed by atoms with Crippen LogP contribution in [-0.4, -0.2) is 25.0 Å². The van der Waals surface area contributed by atoms with Gasteiger partial charge in [0.25, 0.3) is 0 Å². The topological polar surface area (TPSA) is 55.4 Å². The minimum Gasteiger partial charge on any atom is -0.466 e. The number of carbonyl (C=O) groups is 2. The number of hydrogen-bond donors (Lipinski definition) is 1. The van der Waals surface area contributed by atoms with Crippen molar-refractivity contribution < 1.29 is 14.3 Å². The molecule has 4 nitrogen and oxygen atoms in total. The summed E-state index contributed by atoms with van der Waals surface area (Å²) in [4.78, 5) is 23.2. The number of hydrogen-bond acceptors (Lipinski definition) is 3. The fraction of sp³-hybridized carbons (Fsp3) is 0.500. The van der Waals surface area contributed by atoms with Crippen molar-refractivity contribution in [1.29, 1.82) is 0 Å². The monoisotopic (exact) mass is 275 g/mol. The molecule has 0 saturated heterocycles. The van der Waals surface area contributed by atoms with Crippen molar-refractivity contribution in [1.82, 2.24) is 5.32 Å². The molecule has 20 heavy (non-hydrogen) atoms. The number of carbonyl (C=O) groups excluding carboxylic acids is 2. The Morgan fingerprint density at radius 1 is 1.25 bits per heavy atom. The molecule has 1 aliphatic carbocycles. The average molecular weight is 275 g/mol. The van der Waals surface area contributed by atoms with Crippen LogP contribution < -0.4 is 5.32 Å². The van der Waals surface area contributed by atoms with E-state index < -0.39 is 0 Å². The Bertz CT molecular complexity index is 459. The second-order valence-electron chi connectivity index (χ2n) is 5.07. The largest absolute Gasteiger partial charge is 0.466 e. The Kier molecular flexibility index (Phi) is 5.16. The first-order valence-electron chi connectivity index (χ1n) is 7.20. The van der Waals surface area contributed by atoms with Crippen LogP contribution >= 0.6 is 0 Å². The third kappa shape index (κ3) is 3.83. The van der Waals surface area contributed by atoms with E-state index in [1.54, 1.807) is 6.92 Å². The molecule has 1 aromatic carbocycles. The van der Waals surface area contributed by atoms with Crippen molar-refractivity contribution in [2.75, 3.05) is 13.2 Å².